The minimum atomic E-state index is -0.699. The van der Waals surface area contributed by atoms with Crippen LogP contribution in [0.1, 0.15) is 114 Å². The third-order valence-electron chi connectivity index (χ3n) is 13.2. The average molecular weight is 599 g/mol. The lowest BCUT2D eigenvalue weighted by Crippen LogP contribution is -2.62. The van der Waals surface area contributed by atoms with Crippen LogP contribution in [-0.4, -0.2) is 32.8 Å². The van der Waals surface area contributed by atoms with Crippen LogP contribution < -0.4 is 0 Å². The van der Waals surface area contributed by atoms with Gasteiger partial charge in [0, 0.05) is 11.0 Å². The summed E-state index contributed by atoms with van der Waals surface area (Å²) in [6, 6.07) is 0. The van der Waals surface area contributed by atoms with Gasteiger partial charge >= 0.3 is 11.9 Å². The number of aliphatic carboxylic acids is 1. The van der Waals surface area contributed by atoms with E-state index in [1.54, 1.807) is 19.9 Å². The van der Waals surface area contributed by atoms with Crippen LogP contribution in [0.4, 0.5) is 0 Å². The first-order valence-corrected chi connectivity index (χ1v) is 16.1. The van der Waals surface area contributed by atoms with Crippen LogP contribution in [0.5, 0.6) is 0 Å². The number of fused-ring (bicyclic) bond motifs is 7. The molecule has 6 atom stereocenters. The van der Waals surface area contributed by atoms with Gasteiger partial charge in [-0.2, -0.15) is 0 Å². The predicted octanol–water partition coefficient (Wildman–Crippen LogP) is 7.71. The summed E-state index contributed by atoms with van der Waals surface area (Å²) in [7, 11) is 0. The zero-order valence-electron chi connectivity index (χ0n) is 27.7. The fourth-order valence-corrected chi connectivity index (χ4v) is 9.82. The number of esters is 1. The topological polar surface area (TPSA) is 106 Å². The van der Waals surface area contributed by atoms with Gasteiger partial charge in [-0.3, -0.25) is 14.6 Å². The van der Waals surface area contributed by atoms with Crippen molar-refractivity contribution in [3.63, 3.8) is 0 Å². The molecule has 1 aromatic rings. The SMILES string of the molecule is CC1=C(OC(=O)c2nc(C)c(C)nc2C)C(=O)C=C2C1=CC=C1[C@@]2(C)CC[C@@]2(C)[C@@H]3C[C@](C)(C(=O)O)CC[C@]3(C)CC[C@]12C. The van der Waals surface area contributed by atoms with Gasteiger partial charge in [0.15, 0.2) is 11.5 Å². The number of carbonyl (C=O) groups is 3. The van der Waals surface area contributed by atoms with Crippen molar-refractivity contribution in [2.75, 3.05) is 0 Å². The van der Waals surface area contributed by atoms with Gasteiger partial charge in [0.25, 0.3) is 0 Å². The molecule has 0 unspecified atom stereocenters. The Hall–Kier alpha value is -3.35. The van der Waals surface area contributed by atoms with Crippen molar-refractivity contribution in [2.24, 2.45) is 33.0 Å². The van der Waals surface area contributed by atoms with Crippen molar-refractivity contribution >= 4 is 17.7 Å². The number of nitrogens with zero attached hydrogens (tertiary/aromatic N) is 2. The maximum absolute atomic E-state index is 13.7. The third-order valence-corrected chi connectivity index (χ3v) is 13.2. The van der Waals surface area contributed by atoms with Crippen molar-refractivity contribution in [1.82, 2.24) is 9.97 Å². The molecule has 1 N–H and O–H groups in total. The summed E-state index contributed by atoms with van der Waals surface area (Å²) in [4.78, 5) is 48.1. The Labute approximate surface area is 261 Å². The van der Waals surface area contributed by atoms with E-state index >= 15 is 0 Å². The minimum absolute atomic E-state index is 0.0420. The Kier molecular flexibility index (Phi) is 6.67. The second kappa shape index (κ2) is 9.58. The summed E-state index contributed by atoms with van der Waals surface area (Å²) >= 11 is 0. The number of hydrogen-bond donors (Lipinski definition) is 1. The van der Waals surface area contributed by atoms with Gasteiger partial charge < -0.3 is 9.84 Å². The summed E-state index contributed by atoms with van der Waals surface area (Å²) in [5, 5.41) is 10.2. The van der Waals surface area contributed by atoms with Crippen LogP contribution >= 0.6 is 0 Å². The lowest BCUT2D eigenvalue weighted by Gasteiger charge is -2.70. The van der Waals surface area contributed by atoms with Crippen LogP contribution in [0.2, 0.25) is 0 Å². The van der Waals surface area contributed by atoms with Crippen molar-refractivity contribution < 1.29 is 24.2 Å². The molecule has 5 aliphatic rings. The average Bonchev–Trinajstić information content (AvgIpc) is 2.95. The quantitative estimate of drug-likeness (QED) is 0.355. The highest BCUT2D eigenvalue weighted by molar-refractivity contribution is 6.09. The highest BCUT2D eigenvalue weighted by Crippen LogP contribution is 2.75. The molecule has 7 heteroatoms. The number of carboxylic acid groups (broad SMARTS) is 1. The number of aromatic nitrogens is 2. The van der Waals surface area contributed by atoms with E-state index in [0.29, 0.717) is 29.3 Å². The molecular formula is C37H46N2O5. The number of hydrogen-bond acceptors (Lipinski definition) is 6. The van der Waals surface area contributed by atoms with Crippen molar-refractivity contribution in [2.45, 2.75) is 107 Å². The standard InChI is InChI=1S/C37H46N2O5/c1-20-24-10-11-27-35(7,25(24)18-26(40)30(20)44-31(41)29-23(4)38-21(2)22(3)39-29)15-17-37(9)28-19-34(6,32(42)43)13-12-33(28,5)14-16-36(27,37)8/h10-11,18,28H,12-17,19H2,1-9H3,(H,42,43)/t28-,33-,34-,35+,36-,37+/m1/s1. The van der Waals surface area contributed by atoms with Gasteiger partial charge in [0.2, 0.25) is 5.78 Å². The maximum atomic E-state index is 13.7. The molecule has 0 saturated heterocycles. The van der Waals surface area contributed by atoms with Gasteiger partial charge in [0.1, 0.15) is 0 Å². The number of carboxylic acids is 1. The van der Waals surface area contributed by atoms with Crippen LogP contribution in [-0.2, 0) is 14.3 Å². The van der Waals surface area contributed by atoms with Gasteiger partial charge in [-0.15, -0.1) is 0 Å². The molecule has 6 rings (SSSR count). The van der Waals surface area contributed by atoms with Gasteiger partial charge in [-0.1, -0.05) is 45.4 Å². The van der Waals surface area contributed by atoms with E-state index in [9.17, 15) is 19.5 Å². The minimum Gasteiger partial charge on any atom is -0.481 e. The molecule has 0 aromatic carbocycles. The fraction of sp³-hybridized carbons (Fsp3) is 0.595. The van der Waals surface area contributed by atoms with Gasteiger partial charge in [-0.05, 0) is 119 Å². The Morgan fingerprint density at radius 3 is 2.20 bits per heavy atom. The molecule has 0 bridgehead atoms. The first-order valence-electron chi connectivity index (χ1n) is 16.1. The predicted molar refractivity (Wildman–Crippen MR) is 168 cm³/mol. The van der Waals surface area contributed by atoms with E-state index in [-0.39, 0.29) is 38.9 Å². The smallest absolute Gasteiger partial charge is 0.364 e. The summed E-state index contributed by atoms with van der Waals surface area (Å²) in [5.41, 5.74) is 4.79. The Morgan fingerprint density at radius 1 is 0.864 bits per heavy atom. The molecule has 0 aliphatic heterocycles. The monoisotopic (exact) mass is 598 g/mol. The molecular weight excluding hydrogens is 552 g/mol. The molecule has 44 heavy (non-hydrogen) atoms. The summed E-state index contributed by atoms with van der Waals surface area (Å²) < 4.78 is 5.76. The molecule has 1 heterocycles. The summed E-state index contributed by atoms with van der Waals surface area (Å²) in [6.45, 7) is 18.6. The Morgan fingerprint density at radius 2 is 1.52 bits per heavy atom. The number of carbonyl (C=O) groups excluding carboxylic acids is 2. The van der Waals surface area contributed by atoms with Crippen LogP contribution in [0, 0.1) is 53.8 Å². The second-order valence-electron chi connectivity index (χ2n) is 15.6. The van der Waals surface area contributed by atoms with Gasteiger partial charge in [-0.25, -0.2) is 9.78 Å². The molecule has 5 aliphatic carbocycles. The molecule has 1 aromatic heterocycles. The number of allylic oxidation sites excluding steroid dienone is 7. The second-order valence-corrected chi connectivity index (χ2v) is 15.6. The van der Waals surface area contributed by atoms with E-state index < -0.39 is 17.4 Å². The number of ether oxygens (including phenoxy) is 1. The van der Waals surface area contributed by atoms with Crippen LogP contribution in [0.15, 0.2) is 46.3 Å². The zero-order chi connectivity index (χ0) is 32.2. The lowest BCUT2D eigenvalue weighted by molar-refractivity contribution is -0.178. The highest BCUT2D eigenvalue weighted by Gasteiger charge is 2.67. The number of rotatable bonds is 3. The van der Waals surface area contributed by atoms with Crippen molar-refractivity contribution in [1.29, 1.82) is 0 Å². The van der Waals surface area contributed by atoms with E-state index in [1.807, 2.05) is 20.8 Å². The fourth-order valence-electron chi connectivity index (χ4n) is 9.82. The molecule has 234 valence electrons. The van der Waals surface area contributed by atoms with Gasteiger partial charge in [0.05, 0.1) is 22.5 Å². The normalized spacial score (nSPS) is 37.9. The number of aryl methyl sites for hydroxylation is 3. The van der Waals surface area contributed by atoms with Crippen LogP contribution in [0.3, 0.4) is 0 Å². The maximum Gasteiger partial charge on any atom is 0.364 e. The van der Waals surface area contributed by atoms with E-state index in [0.717, 1.165) is 55.4 Å². The van der Waals surface area contributed by atoms with E-state index in [1.165, 1.54) is 5.57 Å². The summed E-state index contributed by atoms with van der Waals surface area (Å²) in [5.74, 6) is -1.32. The number of ketones is 1. The molecule has 3 fully saturated rings. The largest absolute Gasteiger partial charge is 0.481 e. The Balaban J connectivity index is 1.38. The molecule has 0 spiro atoms. The molecule has 0 radical (unpaired) electrons. The molecule has 0 amide bonds. The third kappa shape index (κ3) is 4.03. The van der Waals surface area contributed by atoms with Crippen LogP contribution in [0.25, 0.3) is 0 Å². The zero-order valence-corrected chi connectivity index (χ0v) is 27.7. The van der Waals surface area contributed by atoms with Crippen molar-refractivity contribution in [3.05, 3.63) is 69.1 Å². The lowest BCUT2D eigenvalue weighted by atomic mass is 9.34. The van der Waals surface area contributed by atoms with E-state index in [4.69, 9.17) is 4.74 Å². The summed E-state index contributed by atoms with van der Waals surface area (Å²) in [6.07, 6.45) is 12.4. The first kappa shape index (κ1) is 30.7. The van der Waals surface area contributed by atoms with E-state index in [2.05, 4.69) is 49.8 Å². The first-order chi connectivity index (χ1) is 20.4. The van der Waals surface area contributed by atoms with Crippen molar-refractivity contribution in [3.8, 4) is 0 Å². The molecule has 3 saturated carbocycles. The molecule has 7 nitrogen and oxygen atoms in total. The highest BCUT2D eigenvalue weighted by atomic mass is 16.5. The Bertz CT molecular complexity index is 1660.